The van der Waals surface area contributed by atoms with Gasteiger partial charge in [-0.15, -0.1) is 5.92 Å². The predicted octanol–water partition coefficient (Wildman–Crippen LogP) is 3.07. The second-order valence-corrected chi connectivity index (χ2v) is 8.56. The fourth-order valence-electron chi connectivity index (χ4n) is 2.36. The molecule has 0 heterocycles. The third kappa shape index (κ3) is 13.6. The Labute approximate surface area is 176 Å². The molecular formula is C22H35N3O3S. The summed E-state index contributed by atoms with van der Waals surface area (Å²) in [5.74, 6) is 5.81. The van der Waals surface area contributed by atoms with Crippen LogP contribution in [0.4, 0.5) is 0 Å². The number of sulfonamides is 1. The Bertz CT molecular complexity index is 786. The summed E-state index contributed by atoms with van der Waals surface area (Å²) in [4.78, 5) is 12.2. The van der Waals surface area contributed by atoms with Crippen molar-refractivity contribution in [3.05, 3.63) is 48.6 Å². The van der Waals surface area contributed by atoms with Crippen LogP contribution < -0.4 is 10.6 Å². The highest BCUT2D eigenvalue weighted by atomic mass is 32.2. The first-order valence-electron chi connectivity index (χ1n) is 9.73. The fourth-order valence-corrected chi connectivity index (χ4v) is 2.81. The van der Waals surface area contributed by atoms with Crippen LogP contribution >= 0.6 is 0 Å². The van der Waals surface area contributed by atoms with E-state index in [0.29, 0.717) is 18.7 Å². The molecule has 0 rings (SSSR count). The van der Waals surface area contributed by atoms with Gasteiger partial charge < -0.3 is 0 Å². The van der Waals surface area contributed by atoms with E-state index in [9.17, 15) is 13.2 Å². The maximum Gasteiger partial charge on any atom is 0.238 e. The summed E-state index contributed by atoms with van der Waals surface area (Å²) in [5, 5.41) is 6.77. The fraction of sp³-hybridized carbons (Fsp3) is 0.500. The number of carbonyl (C=O) groups excluding carboxylic acids is 1. The van der Waals surface area contributed by atoms with Gasteiger partial charge in [-0.1, -0.05) is 62.8 Å². The Morgan fingerprint density at radius 1 is 1.31 bits per heavy atom. The van der Waals surface area contributed by atoms with E-state index in [0.717, 1.165) is 6.42 Å². The molecule has 7 heteroatoms. The molecule has 0 saturated carbocycles. The van der Waals surface area contributed by atoms with Crippen LogP contribution in [0.15, 0.2) is 48.6 Å². The van der Waals surface area contributed by atoms with E-state index in [2.05, 4.69) is 43.8 Å². The number of rotatable bonds is 13. The topological polar surface area (TPSA) is 92.5 Å². The quantitative estimate of drug-likeness (QED) is 0.272. The summed E-state index contributed by atoms with van der Waals surface area (Å²) in [6.45, 7) is 12.9. The first kappa shape index (κ1) is 26.9. The number of likely N-dealkylation sites (N-methyl/N-ethyl adjacent to an activating group) is 1. The summed E-state index contributed by atoms with van der Waals surface area (Å²) in [6.07, 6.45) is 12.5. The van der Waals surface area contributed by atoms with Crippen LogP contribution in [-0.4, -0.2) is 38.2 Å². The first-order valence-corrected chi connectivity index (χ1v) is 11.4. The number of nitrogens with zero attached hydrogens (tertiary/aromatic N) is 1. The number of hydrogen-bond donors (Lipinski definition) is 2. The molecule has 0 aromatic carbocycles. The summed E-state index contributed by atoms with van der Waals surface area (Å²) < 4.78 is 22.0. The van der Waals surface area contributed by atoms with Crippen LogP contribution in [0.3, 0.4) is 0 Å². The van der Waals surface area contributed by atoms with Gasteiger partial charge in [0.2, 0.25) is 15.9 Å². The van der Waals surface area contributed by atoms with Gasteiger partial charge in [0.15, 0.2) is 0 Å². The molecule has 0 aliphatic rings. The second-order valence-electron chi connectivity index (χ2n) is 6.82. The molecule has 1 atom stereocenters. The summed E-state index contributed by atoms with van der Waals surface area (Å²) >= 11 is 0. The molecule has 162 valence electrons. The van der Waals surface area contributed by atoms with Gasteiger partial charge in [-0.3, -0.25) is 10.2 Å². The molecule has 1 amide bonds. The van der Waals surface area contributed by atoms with E-state index in [-0.39, 0.29) is 29.9 Å². The van der Waals surface area contributed by atoms with Gasteiger partial charge in [0.05, 0.1) is 12.2 Å². The zero-order valence-electron chi connectivity index (χ0n) is 18.1. The van der Waals surface area contributed by atoms with Gasteiger partial charge in [-0.25, -0.2) is 18.6 Å². The Morgan fingerprint density at radius 2 is 2.00 bits per heavy atom. The number of carbonyl (C=O) groups is 1. The highest BCUT2D eigenvalue weighted by molar-refractivity contribution is 7.89. The molecule has 0 spiro atoms. The van der Waals surface area contributed by atoms with Crippen LogP contribution in [0, 0.1) is 17.3 Å². The molecule has 3 N–H and O–H groups in total. The van der Waals surface area contributed by atoms with Crippen molar-refractivity contribution in [3.8, 4) is 11.8 Å². The van der Waals surface area contributed by atoms with E-state index in [1.807, 2.05) is 32.1 Å². The minimum atomic E-state index is -3.52. The normalized spacial score (nSPS) is 14.6. The number of primary sulfonamides is 1. The van der Waals surface area contributed by atoms with Crippen molar-refractivity contribution < 1.29 is 13.2 Å². The van der Waals surface area contributed by atoms with Crippen molar-refractivity contribution in [2.45, 2.75) is 47.0 Å². The zero-order valence-corrected chi connectivity index (χ0v) is 18.9. The third-order valence-corrected chi connectivity index (χ3v) is 5.09. The molecule has 0 saturated heterocycles. The van der Waals surface area contributed by atoms with Crippen molar-refractivity contribution in [2.24, 2.45) is 10.6 Å². The van der Waals surface area contributed by atoms with E-state index < -0.39 is 10.0 Å². The molecular weight excluding hydrogens is 386 g/mol. The van der Waals surface area contributed by atoms with Crippen LogP contribution in [0.5, 0.6) is 0 Å². The molecule has 0 bridgehead atoms. The Kier molecular flexibility index (Phi) is 12.9. The number of hydrazine groups is 1. The molecule has 0 fully saturated rings. The lowest BCUT2D eigenvalue weighted by atomic mass is 9.88. The van der Waals surface area contributed by atoms with Gasteiger partial charge in [-0.05, 0) is 32.3 Å². The smallest absolute Gasteiger partial charge is 0.238 e. The van der Waals surface area contributed by atoms with Gasteiger partial charge in [0.25, 0.3) is 0 Å². The van der Waals surface area contributed by atoms with Crippen LogP contribution in [0.1, 0.15) is 47.0 Å². The van der Waals surface area contributed by atoms with Crippen molar-refractivity contribution in [2.75, 3.05) is 18.8 Å². The maximum absolute atomic E-state index is 12.2. The Balaban J connectivity index is 4.66. The van der Waals surface area contributed by atoms with Crippen molar-refractivity contribution >= 4 is 15.9 Å². The molecule has 6 nitrogen and oxygen atoms in total. The number of nitrogens with one attached hydrogen (secondary N) is 1. The number of hydrogen-bond acceptors (Lipinski definition) is 4. The Hall–Kier alpha value is -2.14. The molecule has 0 aliphatic heterocycles. The van der Waals surface area contributed by atoms with E-state index in [4.69, 9.17) is 5.14 Å². The minimum Gasteiger partial charge on any atom is -0.288 e. The van der Waals surface area contributed by atoms with Gasteiger partial charge in [-0.2, -0.15) is 0 Å². The van der Waals surface area contributed by atoms with E-state index in [1.54, 1.807) is 17.2 Å². The highest BCUT2D eigenvalue weighted by Crippen LogP contribution is 2.21. The Morgan fingerprint density at radius 3 is 2.52 bits per heavy atom. The summed E-state index contributed by atoms with van der Waals surface area (Å²) in [7, 11) is -3.52. The molecule has 0 aromatic rings. The van der Waals surface area contributed by atoms with Crippen LogP contribution in [0.2, 0.25) is 0 Å². The largest absolute Gasteiger partial charge is 0.288 e. The average molecular weight is 422 g/mol. The summed E-state index contributed by atoms with van der Waals surface area (Å²) in [5.41, 5.74) is 3.37. The molecule has 0 aliphatic carbocycles. The van der Waals surface area contributed by atoms with E-state index in [1.165, 1.54) is 0 Å². The monoisotopic (exact) mass is 421 g/mol. The van der Waals surface area contributed by atoms with E-state index >= 15 is 0 Å². The number of amides is 1. The molecule has 1 unspecified atom stereocenters. The lowest BCUT2D eigenvalue weighted by Crippen LogP contribution is -2.42. The standard InChI is InChI=1S/C22H35N3O3S/c1-6-15-22(5,8-3)16-11-10-12-17-25(9-4)24-21(26)19-20(7-2)14-13-18-29(23,27)28/h7,10-12,14,16H,2,8-9,13,17-19H2,1,3-5H3,(H,24,26)(H2,23,27,28)/b12-10-,16-11-,20-14+. The molecule has 29 heavy (non-hydrogen) atoms. The second kappa shape index (κ2) is 13.9. The third-order valence-electron chi connectivity index (χ3n) is 4.28. The van der Waals surface area contributed by atoms with Crippen molar-refractivity contribution in [1.29, 1.82) is 0 Å². The number of nitrogens with two attached hydrogens (primary N) is 1. The maximum atomic E-state index is 12.2. The lowest BCUT2D eigenvalue weighted by Gasteiger charge is -2.20. The van der Waals surface area contributed by atoms with Crippen LogP contribution in [0.25, 0.3) is 0 Å². The number of allylic oxidation sites excluding steroid dienone is 5. The summed E-state index contributed by atoms with van der Waals surface area (Å²) in [6, 6.07) is 0. The first-order chi connectivity index (χ1) is 13.6. The molecule has 0 aromatic heterocycles. The van der Waals surface area contributed by atoms with Gasteiger partial charge in [0, 0.05) is 18.5 Å². The highest BCUT2D eigenvalue weighted by Gasteiger charge is 2.13. The molecule has 0 radical (unpaired) electrons. The van der Waals surface area contributed by atoms with Crippen molar-refractivity contribution in [1.82, 2.24) is 10.4 Å². The van der Waals surface area contributed by atoms with Gasteiger partial charge in [0.1, 0.15) is 0 Å². The van der Waals surface area contributed by atoms with Crippen molar-refractivity contribution in [3.63, 3.8) is 0 Å². The van der Waals surface area contributed by atoms with Gasteiger partial charge >= 0.3 is 0 Å². The minimum absolute atomic E-state index is 0.124. The van der Waals surface area contributed by atoms with Crippen LogP contribution in [-0.2, 0) is 14.8 Å². The zero-order chi connectivity index (χ0) is 22.3. The SMILES string of the molecule is C=C/C(=C\CCS(N)(=O)=O)CC(=O)NN(CC)C/C=C\C=C/C(C)(C#CC)CC. The predicted molar refractivity (Wildman–Crippen MR) is 121 cm³/mol. The lowest BCUT2D eigenvalue weighted by molar-refractivity contribution is -0.124. The average Bonchev–Trinajstić information content (AvgIpc) is 2.65.